The van der Waals surface area contributed by atoms with E-state index >= 15 is 0 Å². The third-order valence-electron chi connectivity index (χ3n) is 3.87. The minimum absolute atomic E-state index is 0.0272. The van der Waals surface area contributed by atoms with Crippen LogP contribution in [0.15, 0.2) is 0 Å². The minimum Gasteiger partial charge on any atom is -0.481 e. The molecular formula is C10H16O2. The molecule has 2 saturated carbocycles. The fourth-order valence-electron chi connectivity index (χ4n) is 2.79. The Hall–Kier alpha value is -0.530. The number of carboxylic acids is 1. The zero-order valence-electron chi connectivity index (χ0n) is 7.55. The van der Waals surface area contributed by atoms with Crippen molar-refractivity contribution in [1.82, 2.24) is 0 Å². The fraction of sp³-hybridized carbons (Fsp3) is 0.900. The summed E-state index contributed by atoms with van der Waals surface area (Å²) in [5.74, 6) is 0.101. The molecule has 2 nitrogen and oxygen atoms in total. The first-order valence-corrected chi connectivity index (χ1v) is 4.87. The lowest BCUT2D eigenvalue weighted by atomic mass is 9.87. The molecule has 2 fully saturated rings. The molecule has 2 aliphatic rings. The first-order valence-electron chi connectivity index (χ1n) is 4.87. The van der Waals surface area contributed by atoms with Gasteiger partial charge in [-0.25, -0.2) is 0 Å². The first kappa shape index (κ1) is 8.09. The minimum atomic E-state index is -0.579. The molecule has 0 aromatic carbocycles. The van der Waals surface area contributed by atoms with E-state index in [1.54, 1.807) is 0 Å². The van der Waals surface area contributed by atoms with Crippen molar-refractivity contribution in [3.63, 3.8) is 0 Å². The molecule has 0 bridgehead atoms. The van der Waals surface area contributed by atoms with Crippen molar-refractivity contribution in [3.05, 3.63) is 0 Å². The highest BCUT2D eigenvalue weighted by atomic mass is 16.4. The van der Waals surface area contributed by atoms with Crippen LogP contribution in [0.1, 0.15) is 39.0 Å². The van der Waals surface area contributed by atoms with Crippen LogP contribution in [0.5, 0.6) is 0 Å². The van der Waals surface area contributed by atoms with Crippen molar-refractivity contribution in [2.45, 2.75) is 39.0 Å². The Morgan fingerprint density at radius 1 is 1.42 bits per heavy atom. The van der Waals surface area contributed by atoms with Crippen LogP contribution < -0.4 is 0 Å². The van der Waals surface area contributed by atoms with Crippen molar-refractivity contribution in [1.29, 1.82) is 0 Å². The highest BCUT2D eigenvalue weighted by molar-refractivity contribution is 5.74. The Morgan fingerprint density at radius 2 is 2.00 bits per heavy atom. The molecule has 0 saturated heterocycles. The SMILES string of the molecule is C[C@]1(C2CCCC2)C[C@@H]1C(=O)O. The normalized spacial score (nSPS) is 41.6. The number of hydrogen-bond acceptors (Lipinski definition) is 1. The average molecular weight is 168 g/mol. The van der Waals surface area contributed by atoms with Gasteiger partial charge in [-0.2, -0.15) is 0 Å². The molecule has 0 amide bonds. The predicted molar refractivity (Wildman–Crippen MR) is 45.8 cm³/mol. The Labute approximate surface area is 73.0 Å². The first-order chi connectivity index (χ1) is 5.64. The second kappa shape index (κ2) is 2.48. The highest BCUT2D eigenvalue weighted by Crippen LogP contribution is 2.61. The summed E-state index contributed by atoms with van der Waals surface area (Å²) in [6.45, 7) is 2.15. The summed E-state index contributed by atoms with van der Waals surface area (Å²) >= 11 is 0. The van der Waals surface area contributed by atoms with E-state index in [2.05, 4.69) is 6.92 Å². The standard InChI is InChI=1S/C10H16O2/c1-10(6-8(10)9(11)12)7-4-2-3-5-7/h7-8H,2-6H2,1H3,(H,11,12)/t8-,10-/m1/s1. The molecule has 68 valence electrons. The summed E-state index contributed by atoms with van der Waals surface area (Å²) in [6.07, 6.45) is 6.08. The molecule has 2 atom stereocenters. The summed E-state index contributed by atoms with van der Waals surface area (Å²) in [5, 5.41) is 8.85. The topological polar surface area (TPSA) is 37.3 Å². The predicted octanol–water partition coefficient (Wildman–Crippen LogP) is 2.29. The second-order valence-corrected chi connectivity index (χ2v) is 4.58. The molecule has 1 N–H and O–H groups in total. The van der Waals surface area contributed by atoms with Crippen LogP contribution in [-0.2, 0) is 4.79 Å². The van der Waals surface area contributed by atoms with Crippen LogP contribution in [0.2, 0.25) is 0 Å². The van der Waals surface area contributed by atoms with Gasteiger partial charge in [-0.3, -0.25) is 4.79 Å². The molecule has 0 aromatic heterocycles. The molecule has 2 heteroatoms. The van der Waals surface area contributed by atoms with Gasteiger partial charge in [0.1, 0.15) is 0 Å². The van der Waals surface area contributed by atoms with E-state index in [4.69, 9.17) is 5.11 Å². The van der Waals surface area contributed by atoms with E-state index in [1.165, 1.54) is 25.7 Å². The van der Waals surface area contributed by atoms with Gasteiger partial charge in [-0.05, 0) is 30.6 Å². The smallest absolute Gasteiger partial charge is 0.307 e. The van der Waals surface area contributed by atoms with Gasteiger partial charge in [-0.15, -0.1) is 0 Å². The quantitative estimate of drug-likeness (QED) is 0.686. The zero-order chi connectivity index (χ0) is 8.77. The van der Waals surface area contributed by atoms with Crippen LogP contribution in [-0.4, -0.2) is 11.1 Å². The van der Waals surface area contributed by atoms with E-state index in [0.29, 0.717) is 5.92 Å². The van der Waals surface area contributed by atoms with Gasteiger partial charge in [0.25, 0.3) is 0 Å². The molecule has 0 unspecified atom stereocenters. The maximum Gasteiger partial charge on any atom is 0.307 e. The summed E-state index contributed by atoms with van der Waals surface area (Å²) in [7, 11) is 0. The molecule has 0 heterocycles. The maximum absolute atomic E-state index is 10.7. The zero-order valence-corrected chi connectivity index (χ0v) is 7.55. The van der Waals surface area contributed by atoms with Crippen molar-refractivity contribution in [2.75, 3.05) is 0 Å². The lowest BCUT2D eigenvalue weighted by Crippen LogP contribution is -2.15. The monoisotopic (exact) mass is 168 g/mol. The van der Waals surface area contributed by atoms with Crippen molar-refractivity contribution >= 4 is 5.97 Å². The third-order valence-corrected chi connectivity index (χ3v) is 3.87. The Morgan fingerprint density at radius 3 is 2.42 bits per heavy atom. The van der Waals surface area contributed by atoms with Gasteiger partial charge >= 0.3 is 5.97 Å². The number of hydrogen-bond donors (Lipinski definition) is 1. The van der Waals surface area contributed by atoms with Crippen LogP contribution in [0.25, 0.3) is 0 Å². The van der Waals surface area contributed by atoms with E-state index in [1.807, 2.05) is 0 Å². The van der Waals surface area contributed by atoms with Crippen LogP contribution >= 0.6 is 0 Å². The number of carbonyl (C=O) groups is 1. The lowest BCUT2D eigenvalue weighted by Gasteiger charge is -2.17. The van der Waals surface area contributed by atoms with Crippen LogP contribution in [0.3, 0.4) is 0 Å². The van der Waals surface area contributed by atoms with E-state index in [-0.39, 0.29) is 11.3 Å². The lowest BCUT2D eigenvalue weighted by molar-refractivity contribution is -0.139. The summed E-state index contributed by atoms with van der Waals surface area (Å²) in [6, 6.07) is 0. The van der Waals surface area contributed by atoms with Crippen molar-refractivity contribution in [3.8, 4) is 0 Å². The van der Waals surface area contributed by atoms with Crippen molar-refractivity contribution < 1.29 is 9.90 Å². The molecule has 0 radical (unpaired) electrons. The van der Waals surface area contributed by atoms with E-state index < -0.39 is 5.97 Å². The van der Waals surface area contributed by atoms with Gasteiger partial charge in [-0.1, -0.05) is 19.8 Å². The van der Waals surface area contributed by atoms with Gasteiger partial charge in [0, 0.05) is 0 Å². The van der Waals surface area contributed by atoms with Crippen LogP contribution in [0, 0.1) is 17.3 Å². The molecule has 0 spiro atoms. The van der Waals surface area contributed by atoms with Gasteiger partial charge in [0.05, 0.1) is 5.92 Å². The molecule has 2 rings (SSSR count). The molecule has 2 aliphatic carbocycles. The summed E-state index contributed by atoms with van der Waals surface area (Å²) in [5.41, 5.74) is 0.169. The van der Waals surface area contributed by atoms with Gasteiger partial charge in [0.2, 0.25) is 0 Å². The number of carboxylic acid groups (broad SMARTS) is 1. The number of aliphatic carboxylic acids is 1. The Bertz CT molecular complexity index is 206. The summed E-state index contributed by atoms with van der Waals surface area (Å²) in [4.78, 5) is 10.7. The van der Waals surface area contributed by atoms with Crippen molar-refractivity contribution in [2.24, 2.45) is 17.3 Å². The third kappa shape index (κ3) is 1.05. The van der Waals surface area contributed by atoms with Crippen LogP contribution in [0.4, 0.5) is 0 Å². The Kier molecular flexibility index (Phi) is 1.67. The average Bonchev–Trinajstić information content (AvgIpc) is 2.52. The Balaban J connectivity index is 2.00. The van der Waals surface area contributed by atoms with E-state index in [0.717, 1.165) is 6.42 Å². The fourth-order valence-corrected chi connectivity index (χ4v) is 2.79. The van der Waals surface area contributed by atoms with E-state index in [9.17, 15) is 4.79 Å². The van der Waals surface area contributed by atoms with Gasteiger partial charge in [0.15, 0.2) is 0 Å². The maximum atomic E-state index is 10.7. The largest absolute Gasteiger partial charge is 0.481 e. The molecule has 12 heavy (non-hydrogen) atoms. The molecule has 0 aliphatic heterocycles. The molecular weight excluding hydrogens is 152 g/mol. The number of rotatable bonds is 2. The molecule has 0 aromatic rings. The summed E-state index contributed by atoms with van der Waals surface area (Å²) < 4.78 is 0. The highest BCUT2D eigenvalue weighted by Gasteiger charge is 2.59. The second-order valence-electron chi connectivity index (χ2n) is 4.58. The van der Waals surface area contributed by atoms with Gasteiger partial charge < -0.3 is 5.11 Å².